The number of nitrogens with zero attached hydrogens (tertiary/aromatic N) is 2. The number of carbonyl (C=O) groups is 1. The summed E-state index contributed by atoms with van der Waals surface area (Å²) < 4.78 is 40.6. The summed E-state index contributed by atoms with van der Waals surface area (Å²) >= 11 is 1.31. The highest BCUT2D eigenvalue weighted by atomic mass is 32.2. The second-order valence-corrected chi connectivity index (χ2v) is 9.96. The third-order valence-electron chi connectivity index (χ3n) is 4.99. The van der Waals surface area contributed by atoms with Gasteiger partial charge in [0.25, 0.3) is 5.91 Å². The quantitative estimate of drug-likeness (QED) is 0.586. The number of halogens is 1. The van der Waals surface area contributed by atoms with Gasteiger partial charge < -0.3 is 0 Å². The Morgan fingerprint density at radius 2 is 1.90 bits per heavy atom. The Bertz CT molecular complexity index is 1220. The van der Waals surface area contributed by atoms with E-state index in [9.17, 15) is 17.6 Å². The molecule has 1 aliphatic heterocycles. The van der Waals surface area contributed by atoms with E-state index in [0.29, 0.717) is 28.3 Å². The standard InChI is InChI=1S/C22H20FN3O3S2/c1-2-31(28,29)25-16-11-9-15(10-12-16)19-14-20(17-6-3-4-7-18(17)23)26(24-19)22(27)21-8-5-13-30-21/h3-13,20,25H,2,14H2,1H3/t20-/m0/s1. The van der Waals surface area contributed by atoms with Crippen LogP contribution in [0.2, 0.25) is 0 Å². The van der Waals surface area contributed by atoms with Gasteiger partial charge >= 0.3 is 0 Å². The first-order chi connectivity index (χ1) is 14.9. The van der Waals surface area contributed by atoms with E-state index in [1.54, 1.807) is 61.5 Å². The van der Waals surface area contributed by atoms with Crippen molar-refractivity contribution in [3.8, 4) is 0 Å². The zero-order valence-corrected chi connectivity index (χ0v) is 18.3. The van der Waals surface area contributed by atoms with Crippen LogP contribution in [0.15, 0.2) is 71.1 Å². The fraction of sp³-hybridized carbons (Fsp3) is 0.182. The molecule has 1 aliphatic rings. The fourth-order valence-corrected chi connectivity index (χ4v) is 4.65. The van der Waals surface area contributed by atoms with Crippen molar-refractivity contribution in [2.45, 2.75) is 19.4 Å². The van der Waals surface area contributed by atoms with E-state index in [4.69, 9.17) is 0 Å². The monoisotopic (exact) mass is 457 g/mol. The number of amides is 1. The highest BCUT2D eigenvalue weighted by molar-refractivity contribution is 7.92. The number of benzene rings is 2. The van der Waals surface area contributed by atoms with Crippen LogP contribution < -0.4 is 4.72 Å². The SMILES string of the molecule is CCS(=O)(=O)Nc1ccc(C2=NN(C(=O)c3cccs3)[C@H](c3ccccc3F)C2)cc1. The fourth-order valence-electron chi connectivity index (χ4n) is 3.36. The van der Waals surface area contributed by atoms with Crippen molar-refractivity contribution < 1.29 is 17.6 Å². The van der Waals surface area contributed by atoms with E-state index in [-0.39, 0.29) is 11.7 Å². The van der Waals surface area contributed by atoms with Crippen LogP contribution in [0.5, 0.6) is 0 Å². The smallest absolute Gasteiger partial charge is 0.284 e. The van der Waals surface area contributed by atoms with Crippen LogP contribution >= 0.6 is 11.3 Å². The first kappa shape index (κ1) is 21.2. The van der Waals surface area contributed by atoms with Gasteiger partial charge in [0.2, 0.25) is 10.0 Å². The minimum Gasteiger partial charge on any atom is -0.284 e. The normalized spacial score (nSPS) is 16.3. The Kier molecular flexibility index (Phi) is 5.88. The second kappa shape index (κ2) is 8.60. The number of sulfonamides is 1. The molecule has 6 nitrogen and oxygen atoms in total. The maximum Gasteiger partial charge on any atom is 0.284 e. The van der Waals surface area contributed by atoms with E-state index >= 15 is 0 Å². The molecule has 1 atom stereocenters. The summed E-state index contributed by atoms with van der Waals surface area (Å²) in [6.45, 7) is 1.56. The molecule has 4 rings (SSSR count). The largest absolute Gasteiger partial charge is 0.284 e. The Morgan fingerprint density at radius 1 is 1.16 bits per heavy atom. The van der Waals surface area contributed by atoms with E-state index in [1.807, 2.05) is 5.38 Å². The van der Waals surface area contributed by atoms with Gasteiger partial charge in [0.05, 0.1) is 22.4 Å². The third-order valence-corrected chi connectivity index (χ3v) is 7.15. The number of rotatable bonds is 6. The van der Waals surface area contributed by atoms with Crippen molar-refractivity contribution in [2.75, 3.05) is 10.5 Å². The van der Waals surface area contributed by atoms with Crippen LogP contribution in [-0.2, 0) is 10.0 Å². The zero-order chi connectivity index (χ0) is 22.0. The molecule has 160 valence electrons. The lowest BCUT2D eigenvalue weighted by Gasteiger charge is -2.21. The van der Waals surface area contributed by atoms with Gasteiger partial charge in [-0.05, 0) is 42.1 Å². The lowest BCUT2D eigenvalue weighted by Crippen LogP contribution is -2.27. The summed E-state index contributed by atoms with van der Waals surface area (Å²) in [7, 11) is -3.37. The maximum absolute atomic E-state index is 14.5. The molecule has 0 fully saturated rings. The summed E-state index contributed by atoms with van der Waals surface area (Å²) in [4.78, 5) is 13.6. The van der Waals surface area contributed by atoms with Gasteiger partial charge in [-0.15, -0.1) is 11.3 Å². The summed E-state index contributed by atoms with van der Waals surface area (Å²) in [5, 5.41) is 7.68. The van der Waals surface area contributed by atoms with Crippen LogP contribution in [-0.4, -0.2) is 30.8 Å². The molecule has 31 heavy (non-hydrogen) atoms. The Morgan fingerprint density at radius 3 is 2.55 bits per heavy atom. The first-order valence-electron chi connectivity index (χ1n) is 9.68. The van der Waals surface area contributed by atoms with Crippen molar-refractivity contribution >= 4 is 38.7 Å². The van der Waals surface area contributed by atoms with Crippen molar-refractivity contribution in [3.05, 3.63) is 87.9 Å². The van der Waals surface area contributed by atoms with Crippen molar-refractivity contribution in [1.82, 2.24) is 5.01 Å². The molecule has 9 heteroatoms. The third kappa shape index (κ3) is 4.52. The molecule has 1 aromatic heterocycles. The average molecular weight is 458 g/mol. The summed E-state index contributed by atoms with van der Waals surface area (Å²) in [6, 6.07) is 16.1. The summed E-state index contributed by atoms with van der Waals surface area (Å²) in [5.74, 6) is -0.700. The molecule has 0 aliphatic carbocycles. The van der Waals surface area contributed by atoms with E-state index < -0.39 is 21.9 Å². The number of hydrogen-bond acceptors (Lipinski definition) is 5. The molecule has 0 saturated heterocycles. The molecular weight excluding hydrogens is 437 g/mol. The molecule has 3 aromatic rings. The molecule has 0 radical (unpaired) electrons. The Hall–Kier alpha value is -3.04. The highest BCUT2D eigenvalue weighted by Crippen LogP contribution is 2.35. The molecule has 2 heterocycles. The van der Waals surface area contributed by atoms with Crippen LogP contribution in [0, 0.1) is 5.82 Å². The van der Waals surface area contributed by atoms with Crippen molar-refractivity contribution in [2.24, 2.45) is 5.10 Å². The predicted octanol–water partition coefficient (Wildman–Crippen LogP) is 4.64. The molecule has 0 unspecified atom stereocenters. The van der Waals surface area contributed by atoms with Crippen molar-refractivity contribution in [1.29, 1.82) is 0 Å². The van der Waals surface area contributed by atoms with Crippen molar-refractivity contribution in [3.63, 3.8) is 0 Å². The van der Waals surface area contributed by atoms with Crippen LogP contribution in [0.3, 0.4) is 0 Å². The molecule has 2 aromatic carbocycles. The Labute approximate surface area is 184 Å². The van der Waals surface area contributed by atoms with Gasteiger partial charge in [-0.3, -0.25) is 9.52 Å². The van der Waals surface area contributed by atoms with E-state index in [2.05, 4.69) is 9.82 Å². The second-order valence-electron chi connectivity index (χ2n) is 7.00. The van der Waals surface area contributed by atoms with Gasteiger partial charge in [-0.25, -0.2) is 17.8 Å². The van der Waals surface area contributed by atoms with Gasteiger partial charge in [-0.2, -0.15) is 5.10 Å². The lowest BCUT2D eigenvalue weighted by molar-refractivity contribution is 0.0713. The molecule has 1 amide bonds. The number of hydrazone groups is 1. The number of thiophene rings is 1. The van der Waals surface area contributed by atoms with Crippen LogP contribution in [0.25, 0.3) is 0 Å². The molecule has 0 saturated carbocycles. The molecule has 1 N–H and O–H groups in total. The highest BCUT2D eigenvalue weighted by Gasteiger charge is 2.35. The number of hydrogen-bond donors (Lipinski definition) is 1. The molecule has 0 bridgehead atoms. The minimum atomic E-state index is -3.37. The minimum absolute atomic E-state index is 0.0223. The predicted molar refractivity (Wildman–Crippen MR) is 120 cm³/mol. The summed E-state index contributed by atoms with van der Waals surface area (Å²) in [5.41, 5.74) is 2.21. The van der Waals surface area contributed by atoms with Gasteiger partial charge in [0.1, 0.15) is 5.82 Å². The molecule has 0 spiro atoms. The van der Waals surface area contributed by atoms with E-state index in [0.717, 1.165) is 5.56 Å². The lowest BCUT2D eigenvalue weighted by atomic mass is 9.98. The van der Waals surface area contributed by atoms with Gasteiger partial charge in [0, 0.05) is 17.7 Å². The first-order valence-corrected chi connectivity index (χ1v) is 12.2. The van der Waals surface area contributed by atoms with Gasteiger partial charge in [-0.1, -0.05) is 36.4 Å². The van der Waals surface area contributed by atoms with Crippen LogP contribution in [0.1, 0.15) is 40.2 Å². The number of anilines is 1. The summed E-state index contributed by atoms with van der Waals surface area (Å²) in [6.07, 6.45) is 0.345. The maximum atomic E-state index is 14.5. The van der Waals surface area contributed by atoms with E-state index in [1.165, 1.54) is 22.4 Å². The zero-order valence-electron chi connectivity index (χ0n) is 16.7. The number of nitrogens with one attached hydrogen (secondary N) is 1. The Balaban J connectivity index is 1.66. The average Bonchev–Trinajstić information content (AvgIpc) is 3.45. The van der Waals surface area contributed by atoms with Gasteiger partial charge in [0.15, 0.2) is 0 Å². The topological polar surface area (TPSA) is 78.8 Å². The van der Waals surface area contributed by atoms with Crippen LogP contribution in [0.4, 0.5) is 10.1 Å². The molecular formula is C22H20FN3O3S2. The number of carbonyl (C=O) groups excluding carboxylic acids is 1.